The lowest BCUT2D eigenvalue weighted by Crippen LogP contribution is -2.02. The molecule has 246 valence electrons. The van der Waals surface area contributed by atoms with Crippen molar-refractivity contribution in [1.29, 1.82) is 0 Å². The van der Waals surface area contributed by atoms with Crippen LogP contribution >= 0.6 is 0 Å². The lowest BCUT2D eigenvalue weighted by Gasteiger charge is -2.14. The standard InChI is InChI=1S/C45H26N8/c1-3-23-46-35(16-1)28-19-22-38(49-25-28)45-51-43(29-20-21-37(48-26-29)36-17-2-4-24-47-36)50-44(52-45)34-15-8-14-33-32-13-7-12-31-30-11-5-9-27-10-6-18-39(40(27)30)53(41(31)32)42(33)34/h1-26H. The van der Waals surface area contributed by atoms with Crippen molar-refractivity contribution in [2.24, 2.45) is 0 Å². The topological polar surface area (TPSA) is 94.6 Å². The first-order chi connectivity index (χ1) is 26.3. The first-order valence-electron chi connectivity index (χ1n) is 17.4. The average Bonchev–Trinajstić information content (AvgIpc) is 3.59. The van der Waals surface area contributed by atoms with Crippen molar-refractivity contribution in [3.05, 3.63) is 158 Å². The minimum atomic E-state index is 0.464. The molecule has 0 aliphatic heterocycles. The van der Waals surface area contributed by atoms with Crippen molar-refractivity contribution in [2.45, 2.75) is 0 Å². The van der Waals surface area contributed by atoms with Crippen LogP contribution in [0.5, 0.6) is 0 Å². The molecule has 7 heterocycles. The summed E-state index contributed by atoms with van der Waals surface area (Å²) < 4.78 is 2.40. The highest BCUT2D eigenvalue weighted by molar-refractivity contribution is 6.27. The van der Waals surface area contributed by atoms with Gasteiger partial charge in [-0.15, -0.1) is 0 Å². The lowest BCUT2D eigenvalue weighted by molar-refractivity contribution is 1.06. The second kappa shape index (κ2) is 11.5. The first-order valence-corrected chi connectivity index (χ1v) is 17.4. The second-order valence-corrected chi connectivity index (χ2v) is 13.0. The predicted molar refractivity (Wildman–Crippen MR) is 210 cm³/mol. The molecule has 0 amide bonds. The molecule has 0 unspecified atom stereocenters. The van der Waals surface area contributed by atoms with E-state index in [9.17, 15) is 0 Å². The van der Waals surface area contributed by atoms with Crippen molar-refractivity contribution < 1.29 is 0 Å². The highest BCUT2D eigenvalue weighted by atomic mass is 15.1. The van der Waals surface area contributed by atoms with Crippen LogP contribution in [0.4, 0.5) is 0 Å². The third kappa shape index (κ3) is 4.59. The molecule has 0 radical (unpaired) electrons. The van der Waals surface area contributed by atoms with Crippen LogP contribution in [0.25, 0.3) is 106 Å². The number of rotatable bonds is 5. The molecule has 11 aromatic rings. The molecule has 0 saturated carbocycles. The number of nitrogens with zero attached hydrogens (tertiary/aromatic N) is 8. The fraction of sp³-hybridized carbons (Fsp3) is 0. The Hall–Kier alpha value is -7.45. The van der Waals surface area contributed by atoms with Gasteiger partial charge in [-0.2, -0.15) is 0 Å². The van der Waals surface area contributed by atoms with E-state index >= 15 is 0 Å². The highest BCUT2D eigenvalue weighted by Gasteiger charge is 2.22. The molecule has 0 N–H and O–H groups in total. The van der Waals surface area contributed by atoms with Gasteiger partial charge in [-0.05, 0) is 71.4 Å². The molecular weight excluding hydrogens is 653 g/mol. The van der Waals surface area contributed by atoms with Gasteiger partial charge in [0.25, 0.3) is 0 Å². The van der Waals surface area contributed by atoms with Crippen LogP contribution in [-0.4, -0.2) is 39.3 Å². The van der Waals surface area contributed by atoms with E-state index in [-0.39, 0.29) is 0 Å². The number of hydrogen-bond donors (Lipinski definition) is 0. The Balaban J connectivity index is 1.17. The Morgan fingerprint density at radius 1 is 0.377 bits per heavy atom. The predicted octanol–water partition coefficient (Wildman–Crippen LogP) is 10.1. The molecule has 0 aliphatic carbocycles. The Morgan fingerprint density at radius 2 is 0.981 bits per heavy atom. The summed E-state index contributed by atoms with van der Waals surface area (Å²) in [5.41, 5.74) is 8.96. The van der Waals surface area contributed by atoms with Crippen LogP contribution in [0.1, 0.15) is 0 Å². The van der Waals surface area contributed by atoms with E-state index in [0.717, 1.165) is 50.2 Å². The van der Waals surface area contributed by atoms with Gasteiger partial charge in [0.15, 0.2) is 17.5 Å². The summed E-state index contributed by atoms with van der Waals surface area (Å²) in [5.74, 6) is 1.51. The van der Waals surface area contributed by atoms with E-state index in [2.05, 4.69) is 87.2 Å². The fourth-order valence-corrected chi connectivity index (χ4v) is 7.63. The van der Waals surface area contributed by atoms with Gasteiger partial charge in [0, 0.05) is 63.0 Å². The van der Waals surface area contributed by atoms with Gasteiger partial charge in [0.2, 0.25) is 0 Å². The average molecular weight is 679 g/mol. The Morgan fingerprint density at radius 3 is 1.74 bits per heavy atom. The van der Waals surface area contributed by atoms with Crippen molar-refractivity contribution in [2.75, 3.05) is 0 Å². The molecule has 8 heteroatoms. The molecule has 11 rings (SSSR count). The van der Waals surface area contributed by atoms with E-state index < -0.39 is 0 Å². The summed E-state index contributed by atoms with van der Waals surface area (Å²) in [4.78, 5) is 33.9. The quantitative estimate of drug-likeness (QED) is 0.132. The summed E-state index contributed by atoms with van der Waals surface area (Å²) >= 11 is 0. The van der Waals surface area contributed by atoms with E-state index in [1.807, 2.05) is 66.9 Å². The van der Waals surface area contributed by atoms with Crippen molar-refractivity contribution in [1.82, 2.24) is 39.3 Å². The number of benzene rings is 4. The third-order valence-corrected chi connectivity index (χ3v) is 10.0. The normalized spacial score (nSPS) is 11.8. The molecular formula is C45H26N8. The molecule has 53 heavy (non-hydrogen) atoms. The maximum Gasteiger partial charge on any atom is 0.182 e. The molecule has 7 aromatic heterocycles. The monoisotopic (exact) mass is 678 g/mol. The minimum Gasteiger partial charge on any atom is -0.307 e. The molecule has 8 nitrogen and oxygen atoms in total. The molecule has 0 atom stereocenters. The molecule has 0 saturated heterocycles. The van der Waals surface area contributed by atoms with Crippen molar-refractivity contribution in [3.8, 4) is 56.9 Å². The molecule has 4 aromatic carbocycles. The number of fused-ring (bicyclic) bond motifs is 5. The smallest absolute Gasteiger partial charge is 0.182 e. The van der Waals surface area contributed by atoms with Gasteiger partial charge in [-0.1, -0.05) is 72.8 Å². The zero-order chi connectivity index (χ0) is 34.9. The van der Waals surface area contributed by atoms with Gasteiger partial charge in [-0.25, -0.2) is 15.0 Å². The summed E-state index contributed by atoms with van der Waals surface area (Å²) in [6, 6.07) is 45.6. The number of hydrogen-bond acceptors (Lipinski definition) is 7. The van der Waals surface area contributed by atoms with Crippen LogP contribution in [-0.2, 0) is 0 Å². The Bertz CT molecular complexity index is 3030. The van der Waals surface area contributed by atoms with E-state index in [1.54, 1.807) is 18.6 Å². The zero-order valence-corrected chi connectivity index (χ0v) is 28.1. The molecule has 0 fully saturated rings. The number of para-hydroxylation sites is 2. The highest BCUT2D eigenvalue weighted by Crippen LogP contribution is 2.43. The third-order valence-electron chi connectivity index (χ3n) is 10.0. The maximum atomic E-state index is 5.17. The summed E-state index contributed by atoms with van der Waals surface area (Å²) in [6.07, 6.45) is 7.16. The fourth-order valence-electron chi connectivity index (χ4n) is 7.63. The van der Waals surface area contributed by atoms with Crippen LogP contribution in [0, 0.1) is 0 Å². The van der Waals surface area contributed by atoms with Crippen molar-refractivity contribution >= 4 is 48.9 Å². The first kappa shape index (κ1) is 29.3. The van der Waals surface area contributed by atoms with Crippen molar-refractivity contribution in [3.63, 3.8) is 0 Å². The lowest BCUT2D eigenvalue weighted by atomic mass is 9.99. The maximum absolute atomic E-state index is 5.17. The van der Waals surface area contributed by atoms with E-state index in [4.69, 9.17) is 24.9 Å². The van der Waals surface area contributed by atoms with Gasteiger partial charge < -0.3 is 4.40 Å². The van der Waals surface area contributed by atoms with Crippen LogP contribution in [0.15, 0.2) is 158 Å². The van der Waals surface area contributed by atoms with Gasteiger partial charge in [0.05, 0.1) is 33.6 Å². The minimum absolute atomic E-state index is 0.464. The zero-order valence-electron chi connectivity index (χ0n) is 28.1. The number of pyridine rings is 5. The SMILES string of the molecule is c1ccc(-c2ccc(-c3nc(-c4ccc(-c5ccccn5)nc4)nc(-c4cccc5c6cccc7c8cccc9cccc(c98)n(c45)c76)n3)nc2)nc1. The van der Waals surface area contributed by atoms with Crippen LogP contribution < -0.4 is 0 Å². The van der Waals surface area contributed by atoms with Gasteiger partial charge >= 0.3 is 0 Å². The Kier molecular flexibility index (Phi) is 6.38. The summed E-state index contributed by atoms with van der Waals surface area (Å²) in [6.45, 7) is 0. The van der Waals surface area contributed by atoms with Gasteiger partial charge in [-0.3, -0.25) is 19.9 Å². The van der Waals surface area contributed by atoms with Crippen LogP contribution in [0.2, 0.25) is 0 Å². The van der Waals surface area contributed by atoms with E-state index in [0.29, 0.717) is 23.2 Å². The van der Waals surface area contributed by atoms with Crippen LogP contribution in [0.3, 0.4) is 0 Å². The molecule has 0 aliphatic rings. The largest absolute Gasteiger partial charge is 0.307 e. The molecule has 0 spiro atoms. The summed E-state index contributed by atoms with van der Waals surface area (Å²) in [5, 5.41) is 7.20. The number of aromatic nitrogens is 8. The Labute approximate surface area is 302 Å². The summed E-state index contributed by atoms with van der Waals surface area (Å²) in [7, 11) is 0. The molecule has 0 bridgehead atoms. The van der Waals surface area contributed by atoms with Gasteiger partial charge in [0.1, 0.15) is 5.69 Å². The second-order valence-electron chi connectivity index (χ2n) is 13.0. The van der Waals surface area contributed by atoms with E-state index in [1.165, 1.54) is 32.4 Å².